The van der Waals surface area contributed by atoms with Gasteiger partial charge in [0, 0.05) is 43.2 Å². The molecule has 0 aliphatic carbocycles. The fourth-order valence-electron chi connectivity index (χ4n) is 3.12. The molecule has 0 radical (unpaired) electrons. The fourth-order valence-corrected chi connectivity index (χ4v) is 3.12. The van der Waals surface area contributed by atoms with Crippen molar-refractivity contribution in [1.29, 1.82) is 0 Å². The summed E-state index contributed by atoms with van der Waals surface area (Å²) >= 11 is 0. The average molecular weight is 540 g/mol. The van der Waals surface area contributed by atoms with E-state index in [0.29, 0.717) is 36.9 Å². The number of amides is 1. The Balaban J connectivity index is 0.00000450. The van der Waals surface area contributed by atoms with Gasteiger partial charge in [0.1, 0.15) is 11.5 Å². The fraction of sp³-hybridized carbons (Fsp3) is 0.600. The van der Waals surface area contributed by atoms with Gasteiger partial charge in [0.2, 0.25) is 5.91 Å². The van der Waals surface area contributed by atoms with E-state index in [1.54, 1.807) is 12.1 Å². The lowest BCUT2D eigenvalue weighted by molar-refractivity contribution is -0.133. The Kier molecular flexibility index (Phi) is 11.1. The molecule has 10 heteroatoms. The highest BCUT2D eigenvalue weighted by molar-refractivity contribution is 14.0. The number of carbonyl (C=O) groups excluding carboxylic acids is 1. The van der Waals surface area contributed by atoms with E-state index in [9.17, 15) is 13.6 Å². The van der Waals surface area contributed by atoms with Gasteiger partial charge >= 0.3 is 6.61 Å². The summed E-state index contributed by atoms with van der Waals surface area (Å²) in [7, 11) is 1.46. The number of nitrogens with zero attached hydrogens (tertiary/aromatic N) is 2. The van der Waals surface area contributed by atoms with Crippen LogP contribution in [0.5, 0.6) is 11.5 Å². The quantitative estimate of drug-likeness (QED) is 0.301. The average Bonchev–Trinajstić information content (AvgIpc) is 3.14. The van der Waals surface area contributed by atoms with Crippen LogP contribution in [0.1, 0.15) is 32.8 Å². The molecule has 30 heavy (non-hydrogen) atoms. The van der Waals surface area contributed by atoms with Gasteiger partial charge in [0.15, 0.2) is 5.96 Å². The summed E-state index contributed by atoms with van der Waals surface area (Å²) in [6.07, 6.45) is 0.825. The minimum absolute atomic E-state index is 0. The van der Waals surface area contributed by atoms with Crippen LogP contribution in [0.15, 0.2) is 23.2 Å². The van der Waals surface area contributed by atoms with E-state index in [2.05, 4.69) is 20.4 Å². The third kappa shape index (κ3) is 7.77. The maximum atomic E-state index is 12.7. The molecule has 1 saturated heterocycles. The van der Waals surface area contributed by atoms with Crippen LogP contribution in [-0.2, 0) is 11.3 Å². The lowest BCUT2D eigenvalue weighted by Gasteiger charge is -2.20. The molecule has 1 aliphatic heterocycles. The number of benzene rings is 1. The second-order valence-electron chi connectivity index (χ2n) is 7.12. The monoisotopic (exact) mass is 540 g/mol. The molecule has 1 atom stereocenters. The molecule has 1 aromatic carbocycles. The Morgan fingerprint density at radius 2 is 2.10 bits per heavy atom. The van der Waals surface area contributed by atoms with Gasteiger partial charge in [-0.25, -0.2) is 4.99 Å². The summed E-state index contributed by atoms with van der Waals surface area (Å²) in [6, 6.07) is 4.84. The van der Waals surface area contributed by atoms with Crippen LogP contribution in [-0.4, -0.2) is 56.2 Å². The number of nitrogens with one attached hydrogen (secondary N) is 2. The second kappa shape index (κ2) is 12.8. The van der Waals surface area contributed by atoms with E-state index in [1.165, 1.54) is 13.2 Å². The molecule has 0 bridgehead atoms. The number of guanidine groups is 1. The molecule has 0 spiro atoms. The zero-order valence-electron chi connectivity index (χ0n) is 17.8. The minimum Gasteiger partial charge on any atom is -0.497 e. The van der Waals surface area contributed by atoms with E-state index in [4.69, 9.17) is 4.74 Å². The molecule has 7 nitrogen and oxygen atoms in total. The molecule has 0 saturated carbocycles. The number of likely N-dealkylation sites (tertiary alicyclic amines) is 1. The molecule has 1 unspecified atom stereocenters. The molecule has 2 rings (SSSR count). The standard InChI is InChI=1S/C20H30F2N4O3.HI/c1-5-23-20(25-15-8-9-26(12-15)18(27)13(2)3)24-11-14-6-7-16(28-4)10-17(14)29-19(21)22;/h6-7,10,13,15,19H,5,8-9,11-12H2,1-4H3,(H2,23,24,25);1H. The smallest absolute Gasteiger partial charge is 0.387 e. The number of rotatable bonds is 8. The van der Waals surface area contributed by atoms with E-state index >= 15 is 0 Å². The first-order valence-electron chi connectivity index (χ1n) is 9.79. The van der Waals surface area contributed by atoms with Gasteiger partial charge in [-0.3, -0.25) is 4.79 Å². The van der Waals surface area contributed by atoms with Crippen molar-refractivity contribution in [2.75, 3.05) is 26.7 Å². The summed E-state index contributed by atoms with van der Waals surface area (Å²) in [4.78, 5) is 18.5. The number of ether oxygens (including phenoxy) is 2. The van der Waals surface area contributed by atoms with E-state index in [0.717, 1.165) is 6.42 Å². The first kappa shape index (κ1) is 26.2. The van der Waals surface area contributed by atoms with Crippen molar-refractivity contribution in [3.63, 3.8) is 0 Å². The Labute approximate surface area is 193 Å². The van der Waals surface area contributed by atoms with Gasteiger partial charge in [-0.05, 0) is 25.5 Å². The summed E-state index contributed by atoms with van der Waals surface area (Å²) in [5.41, 5.74) is 0.520. The maximum absolute atomic E-state index is 12.7. The topological polar surface area (TPSA) is 75.2 Å². The molecule has 1 heterocycles. The highest BCUT2D eigenvalue weighted by atomic mass is 127. The van der Waals surface area contributed by atoms with Crippen molar-refractivity contribution in [1.82, 2.24) is 15.5 Å². The third-order valence-corrected chi connectivity index (χ3v) is 4.58. The van der Waals surface area contributed by atoms with Crippen molar-refractivity contribution in [2.24, 2.45) is 10.9 Å². The summed E-state index contributed by atoms with van der Waals surface area (Å²) < 4.78 is 35.1. The van der Waals surface area contributed by atoms with Crippen molar-refractivity contribution in [3.8, 4) is 11.5 Å². The van der Waals surface area contributed by atoms with Crippen LogP contribution < -0.4 is 20.1 Å². The van der Waals surface area contributed by atoms with Crippen LogP contribution in [0.3, 0.4) is 0 Å². The number of methoxy groups -OCH3 is 1. The van der Waals surface area contributed by atoms with Gasteiger partial charge in [-0.2, -0.15) is 8.78 Å². The SMILES string of the molecule is CCNC(=NCc1ccc(OC)cc1OC(F)F)NC1CCN(C(=O)C(C)C)C1.I. The Bertz CT molecular complexity index is 719. The molecule has 0 aromatic heterocycles. The molecular weight excluding hydrogens is 509 g/mol. The minimum atomic E-state index is -2.93. The van der Waals surface area contributed by atoms with Gasteiger partial charge < -0.3 is 25.0 Å². The summed E-state index contributed by atoms with van der Waals surface area (Å²) in [5, 5.41) is 6.48. The Hall–Kier alpha value is -1.85. The molecule has 1 amide bonds. The van der Waals surface area contributed by atoms with E-state index < -0.39 is 6.61 Å². The second-order valence-corrected chi connectivity index (χ2v) is 7.12. The lowest BCUT2D eigenvalue weighted by atomic mass is 10.2. The van der Waals surface area contributed by atoms with Gasteiger partial charge in [-0.1, -0.05) is 13.8 Å². The Morgan fingerprint density at radius 3 is 2.70 bits per heavy atom. The van der Waals surface area contributed by atoms with Crippen molar-refractivity contribution in [2.45, 2.75) is 46.4 Å². The Morgan fingerprint density at radius 1 is 1.37 bits per heavy atom. The first-order valence-corrected chi connectivity index (χ1v) is 9.79. The normalized spacial score (nSPS) is 16.5. The predicted molar refractivity (Wildman–Crippen MR) is 123 cm³/mol. The van der Waals surface area contributed by atoms with E-state index in [1.807, 2.05) is 25.7 Å². The van der Waals surface area contributed by atoms with Crippen LogP contribution in [0.25, 0.3) is 0 Å². The van der Waals surface area contributed by atoms with Gasteiger partial charge in [0.05, 0.1) is 13.7 Å². The maximum Gasteiger partial charge on any atom is 0.387 e. The number of hydrogen-bond donors (Lipinski definition) is 2. The van der Waals surface area contributed by atoms with Crippen LogP contribution in [0, 0.1) is 5.92 Å². The highest BCUT2D eigenvalue weighted by Gasteiger charge is 2.28. The molecule has 2 N–H and O–H groups in total. The van der Waals surface area contributed by atoms with Crippen molar-refractivity contribution in [3.05, 3.63) is 23.8 Å². The lowest BCUT2D eigenvalue weighted by Crippen LogP contribution is -2.45. The highest BCUT2D eigenvalue weighted by Crippen LogP contribution is 2.27. The summed E-state index contributed by atoms with van der Waals surface area (Å²) in [5.74, 6) is 1.14. The molecule has 1 aromatic rings. The molecular formula is C20H31F2IN4O3. The number of alkyl halides is 2. The number of hydrogen-bond acceptors (Lipinski definition) is 4. The largest absolute Gasteiger partial charge is 0.497 e. The van der Waals surface area contributed by atoms with E-state index in [-0.39, 0.29) is 54.1 Å². The first-order chi connectivity index (χ1) is 13.8. The van der Waals surface area contributed by atoms with Crippen LogP contribution in [0.2, 0.25) is 0 Å². The molecule has 1 fully saturated rings. The molecule has 170 valence electrons. The number of halogens is 3. The number of carbonyl (C=O) groups is 1. The zero-order valence-corrected chi connectivity index (χ0v) is 20.1. The van der Waals surface area contributed by atoms with Gasteiger partial charge in [-0.15, -0.1) is 24.0 Å². The third-order valence-electron chi connectivity index (χ3n) is 4.58. The van der Waals surface area contributed by atoms with Crippen LogP contribution >= 0.6 is 24.0 Å². The van der Waals surface area contributed by atoms with Crippen molar-refractivity contribution < 1.29 is 23.0 Å². The van der Waals surface area contributed by atoms with Crippen molar-refractivity contribution >= 4 is 35.8 Å². The van der Waals surface area contributed by atoms with Crippen LogP contribution in [0.4, 0.5) is 8.78 Å². The number of aliphatic imine (C=N–C) groups is 1. The zero-order chi connectivity index (χ0) is 21.4. The molecule has 1 aliphatic rings. The predicted octanol–water partition coefficient (Wildman–Crippen LogP) is 3.23. The summed E-state index contributed by atoms with van der Waals surface area (Å²) in [6.45, 7) is 4.92. The van der Waals surface area contributed by atoms with Gasteiger partial charge in [0.25, 0.3) is 0 Å².